The molecule has 1 spiro atoms. The first kappa shape index (κ1) is 23.4. The summed E-state index contributed by atoms with van der Waals surface area (Å²) in [6, 6.07) is 4.39. The van der Waals surface area contributed by atoms with Crippen molar-refractivity contribution in [2.24, 2.45) is 0 Å². The molecule has 3 aliphatic rings. The molecule has 0 bridgehead atoms. The molecule has 3 heterocycles. The lowest BCUT2D eigenvalue weighted by atomic mass is 9.86. The van der Waals surface area contributed by atoms with Gasteiger partial charge in [0.15, 0.2) is 0 Å². The van der Waals surface area contributed by atoms with Crippen molar-refractivity contribution in [1.29, 1.82) is 0 Å². The Morgan fingerprint density at radius 3 is 2.28 bits per heavy atom. The number of rotatable bonds is 4. The van der Waals surface area contributed by atoms with Gasteiger partial charge in [-0.2, -0.15) is 0 Å². The van der Waals surface area contributed by atoms with E-state index in [-0.39, 0.29) is 11.9 Å². The Labute approximate surface area is 201 Å². The summed E-state index contributed by atoms with van der Waals surface area (Å²) >= 11 is 4.45. The summed E-state index contributed by atoms with van der Waals surface area (Å²) in [7, 11) is 0. The highest BCUT2D eigenvalue weighted by Crippen LogP contribution is 2.65. The van der Waals surface area contributed by atoms with Crippen LogP contribution in [0.2, 0.25) is 0 Å². The van der Waals surface area contributed by atoms with Crippen molar-refractivity contribution in [2.45, 2.75) is 51.2 Å². The highest BCUT2D eigenvalue weighted by atomic mass is 32.2. The fraction of sp³-hybridized carbons (Fsp3) is 0.417. The number of esters is 2. The number of aryl methyl sites for hydroxylation is 2. The fourth-order valence-electron chi connectivity index (χ4n) is 3.98. The third kappa shape index (κ3) is 3.90. The number of nitrogens with one attached hydrogen (secondary N) is 1. The number of thioether (sulfide) groups is 3. The van der Waals surface area contributed by atoms with Gasteiger partial charge in [0, 0.05) is 21.7 Å². The second-order valence-corrected chi connectivity index (χ2v) is 12.1. The molecule has 0 saturated carbocycles. The van der Waals surface area contributed by atoms with Crippen LogP contribution in [0, 0.1) is 13.8 Å². The molecule has 1 aromatic carbocycles. The van der Waals surface area contributed by atoms with Gasteiger partial charge < -0.3 is 14.8 Å². The number of carbonyl (C=O) groups excluding carboxylic acids is 2. The van der Waals surface area contributed by atoms with Crippen LogP contribution in [0.15, 0.2) is 38.3 Å². The van der Waals surface area contributed by atoms with Gasteiger partial charge in [0.25, 0.3) is 0 Å². The number of hydrogen-bond donors (Lipinski definition) is 1. The van der Waals surface area contributed by atoms with E-state index >= 15 is 0 Å². The molecule has 0 amide bonds. The number of benzene rings is 1. The first-order valence-electron chi connectivity index (χ1n) is 10.6. The van der Waals surface area contributed by atoms with E-state index in [0.717, 1.165) is 21.7 Å². The molecule has 0 fully saturated rings. The van der Waals surface area contributed by atoms with E-state index in [9.17, 15) is 9.59 Å². The minimum atomic E-state index is -0.652. The predicted octanol–water partition coefficient (Wildman–Crippen LogP) is 5.99. The average Bonchev–Trinajstić information content (AvgIpc) is 3.14. The van der Waals surface area contributed by atoms with Crippen LogP contribution in [0.3, 0.4) is 0 Å². The number of ether oxygens (including phenoxy) is 2. The lowest BCUT2D eigenvalue weighted by Crippen LogP contribution is -2.41. The van der Waals surface area contributed by atoms with Crippen molar-refractivity contribution >= 4 is 58.5 Å². The molecule has 32 heavy (non-hydrogen) atoms. The second kappa shape index (κ2) is 8.54. The van der Waals surface area contributed by atoms with E-state index in [0.29, 0.717) is 23.0 Å². The van der Waals surface area contributed by atoms with Crippen LogP contribution in [0.1, 0.15) is 44.4 Å². The van der Waals surface area contributed by atoms with Crippen LogP contribution in [-0.2, 0) is 19.1 Å². The van der Waals surface area contributed by atoms with Gasteiger partial charge in [0.1, 0.15) is 8.98 Å². The molecule has 8 heteroatoms. The summed E-state index contributed by atoms with van der Waals surface area (Å²) in [6.45, 7) is 12.7. The molecule has 0 saturated heterocycles. The van der Waals surface area contributed by atoms with Gasteiger partial charge in [0.2, 0.25) is 0 Å². The summed E-state index contributed by atoms with van der Waals surface area (Å²) in [5.74, 6) is -0.669. The molecule has 0 aliphatic carbocycles. The molecule has 0 aromatic heterocycles. The largest absolute Gasteiger partial charge is 0.462 e. The third-order valence-electron chi connectivity index (χ3n) is 5.58. The smallest absolute Gasteiger partial charge is 0.345 e. The van der Waals surface area contributed by atoms with Crippen LogP contribution in [0.25, 0.3) is 5.57 Å². The lowest BCUT2D eigenvalue weighted by molar-refractivity contribution is -0.138. The van der Waals surface area contributed by atoms with Crippen molar-refractivity contribution in [2.75, 3.05) is 18.5 Å². The number of anilines is 1. The zero-order valence-corrected chi connectivity index (χ0v) is 21.5. The summed E-state index contributed by atoms with van der Waals surface area (Å²) < 4.78 is 9.97. The monoisotopic (exact) mass is 489 g/mol. The molecule has 1 N–H and O–H groups in total. The first-order valence-corrected chi connectivity index (χ1v) is 13.1. The van der Waals surface area contributed by atoms with Crippen molar-refractivity contribution in [3.8, 4) is 0 Å². The average molecular weight is 490 g/mol. The van der Waals surface area contributed by atoms with Crippen molar-refractivity contribution < 1.29 is 19.1 Å². The Morgan fingerprint density at radius 2 is 1.62 bits per heavy atom. The normalized spacial score (nSPS) is 23.1. The molecule has 5 nitrogen and oxygen atoms in total. The Hall–Kier alpha value is -1.77. The SMILES string of the molecule is CCOC(=O)C1=C[C@@]2(SC=C(C(=O)OCC)S2)C2=C(S1)C(C)(C)Nc1cc(C)c(C)cc12. The molecular weight excluding hydrogens is 462 g/mol. The van der Waals surface area contributed by atoms with E-state index in [1.54, 1.807) is 25.6 Å². The fourth-order valence-corrected chi connectivity index (χ4v) is 8.34. The zero-order valence-electron chi connectivity index (χ0n) is 19.1. The van der Waals surface area contributed by atoms with Gasteiger partial charge in [-0.1, -0.05) is 23.5 Å². The van der Waals surface area contributed by atoms with Crippen LogP contribution < -0.4 is 5.32 Å². The molecule has 0 radical (unpaired) electrons. The van der Waals surface area contributed by atoms with E-state index in [4.69, 9.17) is 9.47 Å². The molecular formula is C24H27NO4S3. The zero-order chi connectivity index (χ0) is 23.3. The van der Waals surface area contributed by atoms with Crippen LogP contribution >= 0.6 is 35.3 Å². The van der Waals surface area contributed by atoms with Gasteiger partial charge in [-0.3, -0.25) is 0 Å². The molecule has 4 rings (SSSR count). The van der Waals surface area contributed by atoms with Gasteiger partial charge >= 0.3 is 11.9 Å². The minimum absolute atomic E-state index is 0.311. The maximum absolute atomic E-state index is 12.8. The lowest BCUT2D eigenvalue weighted by Gasteiger charge is -2.45. The number of fused-ring (bicyclic) bond motifs is 3. The van der Waals surface area contributed by atoms with E-state index in [1.165, 1.54) is 34.7 Å². The highest BCUT2D eigenvalue weighted by molar-refractivity contribution is 8.25. The van der Waals surface area contributed by atoms with Crippen LogP contribution in [0.4, 0.5) is 5.69 Å². The molecule has 170 valence electrons. The van der Waals surface area contributed by atoms with Crippen LogP contribution in [-0.4, -0.2) is 34.8 Å². The number of hydrogen-bond acceptors (Lipinski definition) is 8. The maximum atomic E-state index is 12.8. The molecule has 3 aliphatic heterocycles. The van der Waals surface area contributed by atoms with Crippen molar-refractivity contribution in [1.82, 2.24) is 0 Å². The summed E-state index contributed by atoms with van der Waals surface area (Å²) in [6.07, 6.45) is 1.97. The van der Waals surface area contributed by atoms with Crippen LogP contribution in [0.5, 0.6) is 0 Å². The van der Waals surface area contributed by atoms with Gasteiger partial charge in [-0.25, -0.2) is 9.59 Å². The summed E-state index contributed by atoms with van der Waals surface area (Å²) in [5, 5.41) is 5.53. The van der Waals surface area contributed by atoms with Crippen molar-refractivity contribution in [3.63, 3.8) is 0 Å². The Kier molecular flexibility index (Phi) is 6.24. The molecule has 0 unspecified atom stereocenters. The van der Waals surface area contributed by atoms with Gasteiger partial charge in [-0.15, -0.1) is 11.8 Å². The summed E-state index contributed by atoms with van der Waals surface area (Å²) in [5.41, 5.74) is 5.31. The van der Waals surface area contributed by atoms with Gasteiger partial charge in [-0.05, 0) is 76.3 Å². The quantitative estimate of drug-likeness (QED) is 0.517. The minimum Gasteiger partial charge on any atom is -0.462 e. The summed E-state index contributed by atoms with van der Waals surface area (Å²) in [4.78, 5) is 27.5. The Balaban J connectivity index is 1.90. The molecule has 1 aromatic rings. The standard InChI is InChI=1S/C24H27NO4S3/c1-7-28-21(26)17-11-24(30-12-18(32-24)22(27)29-8-2)19-15-9-13(3)14(4)10-16(15)25-23(5,6)20(19)31-17/h9-12,25H,7-8H2,1-6H3/t24-/m0/s1. The van der Waals surface area contributed by atoms with E-state index in [1.807, 2.05) is 11.5 Å². The van der Waals surface area contributed by atoms with E-state index in [2.05, 4.69) is 45.1 Å². The maximum Gasteiger partial charge on any atom is 0.345 e. The first-order chi connectivity index (χ1) is 15.1. The van der Waals surface area contributed by atoms with Crippen molar-refractivity contribution in [3.05, 3.63) is 55.0 Å². The highest BCUT2D eigenvalue weighted by Gasteiger charge is 2.51. The number of carbonyl (C=O) groups is 2. The molecule has 1 atom stereocenters. The Bertz CT molecular complexity index is 1100. The Morgan fingerprint density at radius 1 is 1.00 bits per heavy atom. The topological polar surface area (TPSA) is 64.6 Å². The van der Waals surface area contributed by atoms with E-state index < -0.39 is 9.62 Å². The predicted molar refractivity (Wildman–Crippen MR) is 135 cm³/mol. The van der Waals surface area contributed by atoms with Gasteiger partial charge in [0.05, 0.1) is 23.7 Å². The third-order valence-corrected chi connectivity index (χ3v) is 9.85. The second-order valence-electron chi connectivity index (χ2n) is 8.36.